The van der Waals surface area contributed by atoms with Gasteiger partial charge in [0.15, 0.2) is 11.5 Å². The third-order valence-electron chi connectivity index (χ3n) is 7.09. The van der Waals surface area contributed by atoms with Gasteiger partial charge in [-0.15, -0.1) is 0 Å². The van der Waals surface area contributed by atoms with E-state index in [4.69, 9.17) is 9.26 Å². The summed E-state index contributed by atoms with van der Waals surface area (Å²) in [7, 11) is 1.87. The van der Waals surface area contributed by atoms with E-state index >= 15 is 0 Å². The van der Waals surface area contributed by atoms with Crippen molar-refractivity contribution in [1.82, 2.24) is 24.8 Å². The zero-order valence-corrected chi connectivity index (χ0v) is 18.2. The molecule has 1 N–H and O–H groups in total. The number of ether oxygens (including phenoxy) is 1. The molecule has 8 heteroatoms. The SMILES string of the molecule is Cc1c(-c2cc(C(=O)N3CCC4(CC3)OCCc3c4[nH]c4ccccc34)no2)cnn1C. The van der Waals surface area contributed by atoms with E-state index in [1.165, 1.54) is 16.6 Å². The Balaban J connectivity index is 1.22. The lowest BCUT2D eigenvalue weighted by atomic mass is 9.83. The number of amides is 1. The Hall–Kier alpha value is -3.39. The predicted octanol–water partition coefficient (Wildman–Crippen LogP) is 3.57. The molecule has 1 saturated heterocycles. The summed E-state index contributed by atoms with van der Waals surface area (Å²) in [4.78, 5) is 18.6. The number of hydrogen-bond donors (Lipinski definition) is 1. The van der Waals surface area contributed by atoms with Crippen molar-refractivity contribution in [2.24, 2.45) is 7.05 Å². The number of aromatic amines is 1. The number of para-hydroxylation sites is 1. The molecular weight excluding hydrogens is 406 g/mol. The second-order valence-corrected chi connectivity index (χ2v) is 8.75. The Morgan fingerprint density at radius 3 is 2.81 bits per heavy atom. The molecule has 4 aromatic rings. The molecule has 0 aliphatic carbocycles. The molecule has 8 nitrogen and oxygen atoms in total. The first-order chi connectivity index (χ1) is 15.6. The number of fused-ring (bicyclic) bond motifs is 4. The number of aromatic nitrogens is 4. The van der Waals surface area contributed by atoms with Crippen molar-refractivity contribution in [3.63, 3.8) is 0 Å². The number of rotatable bonds is 2. The zero-order chi connectivity index (χ0) is 21.9. The number of likely N-dealkylation sites (tertiary alicyclic amines) is 1. The fraction of sp³-hybridized carbons (Fsp3) is 0.375. The first-order valence-electron chi connectivity index (χ1n) is 11.0. The maximum Gasteiger partial charge on any atom is 0.276 e. The molecule has 1 amide bonds. The van der Waals surface area contributed by atoms with Crippen LogP contribution in [0.4, 0.5) is 0 Å². The number of nitrogens with zero attached hydrogens (tertiary/aromatic N) is 4. The number of benzene rings is 1. The van der Waals surface area contributed by atoms with E-state index in [0.717, 1.165) is 36.0 Å². The van der Waals surface area contributed by atoms with Gasteiger partial charge in [-0.05, 0) is 37.8 Å². The molecule has 0 atom stereocenters. The second-order valence-electron chi connectivity index (χ2n) is 8.75. The number of nitrogens with one attached hydrogen (secondary N) is 1. The van der Waals surface area contributed by atoms with Crippen LogP contribution in [0.5, 0.6) is 0 Å². The monoisotopic (exact) mass is 431 g/mol. The molecule has 0 unspecified atom stereocenters. The maximum atomic E-state index is 13.1. The Labute approximate surface area is 185 Å². The number of hydrogen-bond acceptors (Lipinski definition) is 5. The highest BCUT2D eigenvalue weighted by atomic mass is 16.5. The minimum atomic E-state index is -0.356. The highest BCUT2D eigenvalue weighted by molar-refractivity contribution is 5.93. The lowest BCUT2D eigenvalue weighted by Gasteiger charge is -2.43. The molecule has 3 aromatic heterocycles. The normalized spacial score (nSPS) is 17.8. The van der Waals surface area contributed by atoms with Crippen molar-refractivity contribution in [3.05, 3.63) is 59.2 Å². The van der Waals surface area contributed by atoms with Crippen molar-refractivity contribution in [2.45, 2.75) is 31.8 Å². The number of carbonyl (C=O) groups excluding carboxylic acids is 1. The van der Waals surface area contributed by atoms with Gasteiger partial charge in [0.2, 0.25) is 0 Å². The molecule has 1 spiro atoms. The topological polar surface area (TPSA) is 89.2 Å². The number of piperidine rings is 1. The molecule has 5 heterocycles. The minimum Gasteiger partial charge on any atom is -0.368 e. The van der Waals surface area contributed by atoms with E-state index in [9.17, 15) is 4.79 Å². The molecule has 32 heavy (non-hydrogen) atoms. The van der Waals surface area contributed by atoms with Crippen LogP contribution >= 0.6 is 0 Å². The third-order valence-corrected chi connectivity index (χ3v) is 7.09. The van der Waals surface area contributed by atoms with Crippen LogP contribution in [0.3, 0.4) is 0 Å². The average Bonchev–Trinajstić information content (AvgIpc) is 3.53. The van der Waals surface area contributed by atoms with Crippen LogP contribution in [0.15, 0.2) is 41.1 Å². The Morgan fingerprint density at radius 2 is 2.03 bits per heavy atom. The van der Waals surface area contributed by atoms with Crippen molar-refractivity contribution in [1.29, 1.82) is 0 Å². The van der Waals surface area contributed by atoms with Crippen LogP contribution in [0.25, 0.3) is 22.2 Å². The number of H-pyrrole nitrogens is 1. The van der Waals surface area contributed by atoms with Crippen molar-refractivity contribution in [2.75, 3.05) is 19.7 Å². The largest absolute Gasteiger partial charge is 0.368 e. The van der Waals surface area contributed by atoms with E-state index in [0.29, 0.717) is 31.2 Å². The van der Waals surface area contributed by atoms with Gasteiger partial charge in [0.05, 0.1) is 24.1 Å². The van der Waals surface area contributed by atoms with E-state index < -0.39 is 0 Å². The van der Waals surface area contributed by atoms with Crippen LogP contribution in [-0.2, 0) is 23.8 Å². The summed E-state index contributed by atoms with van der Waals surface area (Å²) in [6, 6.07) is 10.1. The summed E-state index contributed by atoms with van der Waals surface area (Å²) in [5.41, 5.74) is 5.48. The smallest absolute Gasteiger partial charge is 0.276 e. The van der Waals surface area contributed by atoms with Gasteiger partial charge < -0.3 is 19.1 Å². The first kappa shape index (κ1) is 19.3. The maximum absolute atomic E-state index is 13.1. The summed E-state index contributed by atoms with van der Waals surface area (Å²) in [6.45, 7) is 3.89. The first-order valence-corrected chi connectivity index (χ1v) is 11.0. The van der Waals surface area contributed by atoms with E-state index in [-0.39, 0.29) is 11.5 Å². The second kappa shape index (κ2) is 7.06. The lowest BCUT2D eigenvalue weighted by Crippen LogP contribution is -2.48. The summed E-state index contributed by atoms with van der Waals surface area (Å²) >= 11 is 0. The van der Waals surface area contributed by atoms with Gasteiger partial charge >= 0.3 is 0 Å². The fourth-order valence-electron chi connectivity index (χ4n) is 5.14. The molecule has 1 fully saturated rings. The van der Waals surface area contributed by atoms with E-state index in [1.807, 2.05) is 18.9 Å². The van der Waals surface area contributed by atoms with Crippen molar-refractivity contribution < 1.29 is 14.1 Å². The summed E-state index contributed by atoms with van der Waals surface area (Å²) < 4.78 is 13.6. The van der Waals surface area contributed by atoms with Crippen LogP contribution in [0.1, 0.15) is 40.3 Å². The molecule has 0 radical (unpaired) electrons. The van der Waals surface area contributed by atoms with Crippen molar-refractivity contribution in [3.8, 4) is 11.3 Å². The highest BCUT2D eigenvalue weighted by Gasteiger charge is 2.43. The van der Waals surface area contributed by atoms with Gasteiger partial charge in [0.1, 0.15) is 5.60 Å². The van der Waals surface area contributed by atoms with Gasteiger partial charge in [0, 0.05) is 42.8 Å². The lowest BCUT2D eigenvalue weighted by molar-refractivity contribution is -0.0958. The van der Waals surface area contributed by atoms with E-state index in [2.05, 4.69) is 39.5 Å². The van der Waals surface area contributed by atoms with Gasteiger partial charge in [-0.2, -0.15) is 5.10 Å². The van der Waals surface area contributed by atoms with E-state index in [1.54, 1.807) is 16.9 Å². The average molecular weight is 431 g/mol. The van der Waals surface area contributed by atoms with Crippen LogP contribution < -0.4 is 0 Å². The zero-order valence-electron chi connectivity index (χ0n) is 18.2. The summed E-state index contributed by atoms with van der Waals surface area (Å²) in [5, 5.41) is 9.56. The molecule has 2 aliphatic rings. The summed E-state index contributed by atoms with van der Waals surface area (Å²) in [6.07, 6.45) is 4.16. The van der Waals surface area contributed by atoms with Crippen LogP contribution in [-0.4, -0.2) is 50.4 Å². The Kier molecular flexibility index (Phi) is 4.26. The predicted molar refractivity (Wildman–Crippen MR) is 118 cm³/mol. The Bertz CT molecular complexity index is 1320. The summed E-state index contributed by atoms with van der Waals surface area (Å²) in [5.74, 6) is 0.454. The van der Waals surface area contributed by atoms with Crippen LogP contribution in [0, 0.1) is 6.92 Å². The van der Waals surface area contributed by atoms with Gasteiger partial charge in [-0.3, -0.25) is 9.48 Å². The standard InChI is InChI=1S/C24H25N5O3/c1-15-18(14-25-28(15)2)21-13-20(27-32-21)23(30)29-10-8-24(9-11-29)22-17(7-12-31-24)16-5-3-4-6-19(16)26-22/h3-6,13-14,26H,7-12H2,1-2H3. The minimum absolute atomic E-state index is 0.107. The Morgan fingerprint density at radius 1 is 1.22 bits per heavy atom. The molecule has 1 aromatic carbocycles. The quantitative estimate of drug-likeness (QED) is 0.524. The van der Waals surface area contributed by atoms with Gasteiger partial charge in [0.25, 0.3) is 5.91 Å². The molecule has 0 saturated carbocycles. The van der Waals surface area contributed by atoms with Crippen LogP contribution in [0.2, 0.25) is 0 Å². The molecule has 6 rings (SSSR count). The van der Waals surface area contributed by atoms with Gasteiger partial charge in [-0.25, -0.2) is 0 Å². The highest BCUT2D eigenvalue weighted by Crippen LogP contribution is 2.43. The number of aryl methyl sites for hydroxylation is 1. The van der Waals surface area contributed by atoms with Gasteiger partial charge in [-0.1, -0.05) is 23.4 Å². The molecular formula is C24H25N5O3. The molecule has 2 aliphatic heterocycles. The number of carbonyl (C=O) groups is 1. The molecule has 164 valence electrons. The fourth-order valence-corrected chi connectivity index (χ4v) is 5.14. The third kappa shape index (κ3) is 2.82. The molecule has 0 bridgehead atoms. The van der Waals surface area contributed by atoms with Crippen molar-refractivity contribution >= 4 is 16.8 Å².